The van der Waals surface area contributed by atoms with Gasteiger partial charge in [0, 0.05) is 19.3 Å². The minimum atomic E-state index is -5.70. The quantitative estimate of drug-likeness (QED) is 0.00886. The van der Waals surface area contributed by atoms with Crippen LogP contribution in [0.5, 0.6) is 0 Å². The van der Waals surface area contributed by atoms with Crippen LogP contribution in [0.2, 0.25) is 0 Å². The topological polar surface area (TPSA) is 374 Å². The third kappa shape index (κ3) is 36.9. The molecule has 24 nitrogen and oxygen atoms in total. The zero-order valence-electron chi connectivity index (χ0n) is 59.3. The smallest absolute Gasteiger partial charge is 0.463 e. The van der Waals surface area contributed by atoms with E-state index in [1.807, 2.05) is 0 Å². The lowest BCUT2D eigenvalue weighted by atomic mass is 9.84. The molecule has 1 saturated carbocycles. The molecule has 3 rings (SSSR count). The number of phosphoric acid groups is 1. The van der Waals surface area contributed by atoms with Crippen LogP contribution in [0, 0.1) is 5.92 Å². The summed E-state index contributed by atoms with van der Waals surface area (Å²) in [5.74, 6) is -1.33. The number of hydrogen-bond donors (Lipinski definition) is 11. The summed E-state index contributed by atoms with van der Waals surface area (Å²) >= 11 is 0. The van der Waals surface area contributed by atoms with Crippen molar-refractivity contribution in [2.75, 3.05) is 26.4 Å². The summed E-state index contributed by atoms with van der Waals surface area (Å²) in [7, 11) is -5.70. The number of hydrogen-bond acceptors (Lipinski definition) is 23. The Hall–Kier alpha value is -2.56. The molecule has 19 unspecified atom stereocenters. The highest BCUT2D eigenvalue weighted by molar-refractivity contribution is 7.47. The summed E-state index contributed by atoms with van der Waals surface area (Å²) in [6.45, 7) is 5.72. The Morgan fingerprint density at radius 3 is 1.23 bits per heavy atom. The molecule has 2 aliphatic heterocycles. The maximum atomic E-state index is 14.3. The van der Waals surface area contributed by atoms with E-state index in [0.29, 0.717) is 31.6 Å². The van der Waals surface area contributed by atoms with Gasteiger partial charge >= 0.3 is 25.7 Å². The largest absolute Gasteiger partial charge is 0.472 e. The lowest BCUT2D eigenvalue weighted by molar-refractivity contribution is -0.360. The van der Waals surface area contributed by atoms with E-state index >= 15 is 0 Å². The molecule has 0 radical (unpaired) electrons. The summed E-state index contributed by atoms with van der Waals surface area (Å²) in [5, 5.41) is 110. The number of esters is 3. The third-order valence-corrected chi connectivity index (χ3v) is 19.6. The van der Waals surface area contributed by atoms with Crippen molar-refractivity contribution in [3.8, 4) is 0 Å². The first-order chi connectivity index (χ1) is 46.7. The number of carbonyl (C=O) groups is 3. The van der Waals surface area contributed by atoms with Crippen LogP contribution in [0.15, 0.2) is 24.3 Å². The molecule has 0 aromatic carbocycles. The van der Waals surface area contributed by atoms with Gasteiger partial charge in [-0.25, -0.2) is 4.57 Å². The van der Waals surface area contributed by atoms with Crippen LogP contribution in [0.4, 0.5) is 0 Å². The van der Waals surface area contributed by atoms with Gasteiger partial charge in [0.15, 0.2) is 18.7 Å². The maximum absolute atomic E-state index is 14.3. The molecule has 0 amide bonds. The second-order valence-electron chi connectivity index (χ2n) is 27.3. The molecule has 97 heavy (non-hydrogen) atoms. The van der Waals surface area contributed by atoms with Gasteiger partial charge in [0.25, 0.3) is 0 Å². The Morgan fingerprint density at radius 2 is 0.784 bits per heavy atom. The molecule has 19 atom stereocenters. The van der Waals surface area contributed by atoms with Crippen LogP contribution in [-0.4, -0.2) is 204 Å². The number of carbonyl (C=O) groups excluding carboxylic acids is 3. The summed E-state index contributed by atoms with van der Waals surface area (Å²) in [6.07, 6.45) is 11.2. The van der Waals surface area contributed by atoms with Crippen molar-refractivity contribution < 1.29 is 117 Å². The van der Waals surface area contributed by atoms with E-state index in [0.717, 1.165) is 89.9 Å². The van der Waals surface area contributed by atoms with E-state index in [1.165, 1.54) is 116 Å². The molecule has 11 N–H and O–H groups in total. The number of phosphoric ester groups is 1. The zero-order chi connectivity index (χ0) is 71.2. The second kappa shape index (κ2) is 53.3. The average molecular weight is 1410 g/mol. The Morgan fingerprint density at radius 1 is 0.423 bits per heavy atom. The van der Waals surface area contributed by atoms with Crippen LogP contribution in [0.1, 0.15) is 278 Å². The van der Waals surface area contributed by atoms with E-state index in [1.54, 1.807) is 0 Å². The number of allylic oxidation sites excluding steroid dienone is 4. The molecule has 2 saturated heterocycles. The van der Waals surface area contributed by atoms with E-state index in [2.05, 4.69) is 52.0 Å². The van der Waals surface area contributed by atoms with Crippen molar-refractivity contribution in [1.29, 1.82) is 0 Å². The number of unbranched alkanes of at least 4 members (excludes halogenated alkanes) is 28. The van der Waals surface area contributed by atoms with Crippen LogP contribution in [0.3, 0.4) is 0 Å². The molecular weight excluding hydrogens is 1280 g/mol. The highest BCUT2D eigenvalue weighted by Gasteiger charge is 2.58. The van der Waals surface area contributed by atoms with Gasteiger partial charge in [0.2, 0.25) is 0 Å². The number of rotatable bonds is 57. The molecule has 1 aliphatic carbocycles. The fourth-order valence-corrected chi connectivity index (χ4v) is 13.3. The van der Waals surface area contributed by atoms with Gasteiger partial charge in [0.05, 0.1) is 13.2 Å². The lowest BCUT2D eigenvalue weighted by Gasteiger charge is -2.49. The van der Waals surface area contributed by atoms with Gasteiger partial charge in [0.1, 0.15) is 98.7 Å². The van der Waals surface area contributed by atoms with Crippen molar-refractivity contribution in [2.24, 2.45) is 5.92 Å². The Bertz CT molecular complexity index is 2120. The first kappa shape index (κ1) is 88.7. The SMILES string of the molecule is CCCCCCCC/C=C\CCCCCC(=O)OCC1OC(OC2C(O)C(O)C(O)C(OC3OC(CO)C(O)C(O)C3O)C2OP(=O)(O)OCC(COC(=O)CCCCCCCCC(C)CCCCCCCC)OC(=O)CCCCC/C=C\CCCCCCCC)C(O)C(O)C1O. The van der Waals surface area contributed by atoms with Gasteiger partial charge < -0.3 is 89.1 Å². The zero-order valence-corrected chi connectivity index (χ0v) is 60.2. The van der Waals surface area contributed by atoms with Gasteiger partial charge in [-0.05, 0) is 76.5 Å². The standard InChI is InChI=1S/C72H131O24P/c1-5-8-11-14-17-19-21-23-25-27-29-35-41-46-57(75)89-51-55-60(78)62(80)67(85)72(93-55)95-69-65(83)63(81)64(82)68(94-71-66(84)61(79)59(77)54(48-73)92-71)70(69)96-97(86,87)90-50-53(91-58(76)47-42-37-30-28-26-24-22-20-18-15-12-9-6-2)49-88-56(74)45-40-36-32-31-34-39-44-52(4)43-38-33-16-13-10-7-3/h23-26,52-55,59-73,77-85H,5-22,27-51H2,1-4H3,(H,86,87)/b25-23-,26-24-. The van der Waals surface area contributed by atoms with Crippen molar-refractivity contribution >= 4 is 25.7 Å². The minimum absolute atomic E-state index is 0.00714. The third-order valence-electron chi connectivity index (χ3n) is 18.6. The van der Waals surface area contributed by atoms with Crippen molar-refractivity contribution in [3.63, 3.8) is 0 Å². The Balaban J connectivity index is 1.75. The van der Waals surface area contributed by atoms with Crippen LogP contribution >= 0.6 is 7.82 Å². The molecule has 0 aromatic heterocycles. The molecule has 0 aromatic rings. The van der Waals surface area contributed by atoms with E-state index in [-0.39, 0.29) is 19.3 Å². The van der Waals surface area contributed by atoms with Gasteiger partial charge in [-0.1, -0.05) is 213 Å². The fraction of sp³-hybridized carbons (Fsp3) is 0.903. The molecule has 2 heterocycles. The normalized spacial score (nSPS) is 28.2. The number of aliphatic hydroxyl groups excluding tert-OH is 10. The molecule has 568 valence electrons. The van der Waals surface area contributed by atoms with E-state index in [9.17, 15) is 74.9 Å². The molecular formula is C72H131O24P. The summed E-state index contributed by atoms with van der Waals surface area (Å²) in [6, 6.07) is 0. The molecule has 25 heteroatoms. The van der Waals surface area contributed by atoms with E-state index in [4.69, 9.17) is 42.2 Å². The number of aliphatic hydroxyl groups is 10. The van der Waals surface area contributed by atoms with Gasteiger partial charge in [-0.3, -0.25) is 23.4 Å². The molecule has 3 fully saturated rings. The second-order valence-corrected chi connectivity index (χ2v) is 28.7. The highest BCUT2D eigenvalue weighted by Crippen LogP contribution is 2.49. The van der Waals surface area contributed by atoms with Gasteiger partial charge in [-0.2, -0.15) is 0 Å². The summed E-state index contributed by atoms with van der Waals surface area (Å²) < 4.78 is 65.0. The van der Waals surface area contributed by atoms with Crippen LogP contribution < -0.4 is 0 Å². The summed E-state index contributed by atoms with van der Waals surface area (Å²) in [4.78, 5) is 51.0. The Labute approximate surface area is 579 Å². The van der Waals surface area contributed by atoms with Gasteiger partial charge in [-0.15, -0.1) is 0 Å². The predicted molar refractivity (Wildman–Crippen MR) is 365 cm³/mol. The first-order valence-corrected chi connectivity index (χ1v) is 39.0. The maximum Gasteiger partial charge on any atom is 0.472 e. The van der Waals surface area contributed by atoms with Crippen molar-refractivity contribution in [2.45, 2.75) is 382 Å². The van der Waals surface area contributed by atoms with Crippen LogP contribution in [-0.2, 0) is 61.2 Å². The van der Waals surface area contributed by atoms with Crippen molar-refractivity contribution in [3.05, 3.63) is 24.3 Å². The van der Waals surface area contributed by atoms with Crippen molar-refractivity contribution in [1.82, 2.24) is 0 Å². The highest BCUT2D eigenvalue weighted by atomic mass is 31.2. The number of ether oxygens (including phenoxy) is 7. The minimum Gasteiger partial charge on any atom is -0.463 e. The average Bonchev–Trinajstić information content (AvgIpc) is 0.763. The fourth-order valence-electron chi connectivity index (χ4n) is 12.3. The monoisotopic (exact) mass is 1410 g/mol. The van der Waals surface area contributed by atoms with E-state index < -0.39 is 156 Å². The molecule has 3 aliphatic rings. The Kier molecular flexibility index (Phi) is 48.7. The van der Waals surface area contributed by atoms with Crippen LogP contribution in [0.25, 0.3) is 0 Å². The predicted octanol–water partition coefficient (Wildman–Crippen LogP) is 9.98. The molecule has 0 spiro atoms. The molecule has 0 bridgehead atoms. The first-order valence-electron chi connectivity index (χ1n) is 37.5. The summed E-state index contributed by atoms with van der Waals surface area (Å²) in [5.41, 5.74) is 0. The lowest BCUT2D eigenvalue weighted by Crippen LogP contribution is -2.69.